The van der Waals surface area contributed by atoms with Gasteiger partial charge in [-0.05, 0) is 11.6 Å². The van der Waals surface area contributed by atoms with Gasteiger partial charge in [0.1, 0.15) is 0 Å². The summed E-state index contributed by atoms with van der Waals surface area (Å²) in [6.45, 7) is 0. The lowest BCUT2D eigenvalue weighted by Gasteiger charge is -2.05. The van der Waals surface area contributed by atoms with Gasteiger partial charge < -0.3 is 15.6 Å². The van der Waals surface area contributed by atoms with Crippen LogP contribution in [0.25, 0.3) is 0 Å². The Bertz CT molecular complexity index is 355. The van der Waals surface area contributed by atoms with Gasteiger partial charge in [-0.15, -0.1) is 0 Å². The summed E-state index contributed by atoms with van der Waals surface area (Å²) in [4.78, 5) is 17.6. The van der Waals surface area contributed by atoms with Crippen molar-refractivity contribution >= 4 is 23.4 Å². The molecule has 0 aromatic carbocycles. The maximum atomic E-state index is 10.6. The highest BCUT2D eigenvalue weighted by molar-refractivity contribution is 6.28. The van der Waals surface area contributed by atoms with E-state index in [0.29, 0.717) is 0 Å². The van der Waals surface area contributed by atoms with Crippen LogP contribution in [0.15, 0.2) is 0 Å². The number of carboxylic acid groups (broad SMARTS) is 1. The van der Waals surface area contributed by atoms with E-state index in [-0.39, 0.29) is 22.5 Å². The lowest BCUT2D eigenvalue weighted by Crippen LogP contribution is -2.08. The molecule has 0 bridgehead atoms. The Labute approximate surface area is 78.3 Å². The molecule has 70 valence electrons. The minimum atomic E-state index is -1.27. The predicted octanol–water partition coefficient (Wildman–Crippen LogP) is 0.419. The molecule has 13 heavy (non-hydrogen) atoms. The molecular formula is C6H6ClN3O3. The van der Waals surface area contributed by atoms with Gasteiger partial charge in [0.2, 0.25) is 5.28 Å². The number of anilines is 1. The molecule has 6 nitrogen and oxygen atoms in total. The Hall–Kier alpha value is -1.56. The topological polar surface area (TPSA) is 98.3 Å². The Kier molecular flexibility index (Phi) is 2.52. The monoisotopic (exact) mass is 203 g/mol. The Morgan fingerprint density at radius 2 is 2.23 bits per heavy atom. The van der Waals surface area contributed by atoms with Crippen molar-refractivity contribution in [2.45, 2.75) is 0 Å². The molecule has 1 rings (SSSR count). The standard InChI is InChI=1S/C6H6ClN3O3/c1-13-3-2(5(11)12)9-6(7)10-4(3)8/h1H3,(H,11,12)(H2,8,9,10). The SMILES string of the molecule is COc1c(N)nc(Cl)nc1C(=O)O. The number of rotatable bonds is 2. The third kappa shape index (κ3) is 1.78. The number of nitrogen functional groups attached to an aromatic ring is 1. The first kappa shape index (κ1) is 9.53. The van der Waals surface area contributed by atoms with E-state index in [2.05, 4.69) is 9.97 Å². The molecule has 0 fully saturated rings. The number of methoxy groups -OCH3 is 1. The lowest BCUT2D eigenvalue weighted by molar-refractivity contribution is 0.0686. The molecule has 7 heteroatoms. The summed E-state index contributed by atoms with van der Waals surface area (Å²) in [5, 5.41) is 8.43. The van der Waals surface area contributed by atoms with Crippen LogP contribution in [0.1, 0.15) is 10.5 Å². The maximum absolute atomic E-state index is 10.6. The second-order valence-corrected chi connectivity index (χ2v) is 2.40. The minimum absolute atomic E-state index is 0.0862. The summed E-state index contributed by atoms with van der Waals surface area (Å²) in [7, 11) is 1.27. The predicted molar refractivity (Wildman–Crippen MR) is 45.0 cm³/mol. The van der Waals surface area contributed by atoms with Crippen molar-refractivity contribution in [3.63, 3.8) is 0 Å². The summed E-state index contributed by atoms with van der Waals surface area (Å²) >= 11 is 5.40. The van der Waals surface area contributed by atoms with Crippen LogP contribution in [-0.2, 0) is 0 Å². The number of aromatic carboxylic acids is 1. The van der Waals surface area contributed by atoms with Crippen molar-refractivity contribution in [1.29, 1.82) is 0 Å². The highest BCUT2D eigenvalue weighted by atomic mass is 35.5. The summed E-state index contributed by atoms with van der Waals surface area (Å²) in [6.07, 6.45) is 0. The molecule has 0 aliphatic rings. The first-order chi connectivity index (χ1) is 6.06. The second kappa shape index (κ2) is 3.44. The Morgan fingerprint density at radius 1 is 1.62 bits per heavy atom. The smallest absolute Gasteiger partial charge is 0.358 e. The number of nitrogens with zero attached hydrogens (tertiary/aromatic N) is 2. The molecule has 0 saturated heterocycles. The fourth-order valence-electron chi connectivity index (χ4n) is 0.786. The summed E-state index contributed by atoms with van der Waals surface area (Å²) in [6, 6.07) is 0. The summed E-state index contributed by atoms with van der Waals surface area (Å²) in [5.41, 5.74) is 5.00. The molecule has 0 amide bonds. The van der Waals surface area contributed by atoms with Crippen molar-refractivity contribution < 1.29 is 14.6 Å². The molecule has 1 heterocycles. The fourth-order valence-corrected chi connectivity index (χ4v) is 0.961. The maximum Gasteiger partial charge on any atom is 0.358 e. The molecule has 0 aliphatic carbocycles. The van der Waals surface area contributed by atoms with Gasteiger partial charge >= 0.3 is 5.97 Å². The van der Waals surface area contributed by atoms with E-state index in [9.17, 15) is 4.79 Å². The Balaban J connectivity index is 3.38. The summed E-state index contributed by atoms with van der Waals surface area (Å²) < 4.78 is 4.70. The zero-order chi connectivity index (χ0) is 10.0. The average molecular weight is 204 g/mol. The van der Waals surface area contributed by atoms with Gasteiger partial charge in [-0.3, -0.25) is 0 Å². The normalized spacial score (nSPS) is 9.69. The van der Waals surface area contributed by atoms with E-state index in [1.54, 1.807) is 0 Å². The van der Waals surface area contributed by atoms with Crippen molar-refractivity contribution in [3.8, 4) is 5.75 Å². The van der Waals surface area contributed by atoms with E-state index < -0.39 is 5.97 Å². The first-order valence-electron chi connectivity index (χ1n) is 3.16. The van der Waals surface area contributed by atoms with Gasteiger partial charge in [-0.2, -0.15) is 4.98 Å². The van der Waals surface area contributed by atoms with Crippen LogP contribution in [0.3, 0.4) is 0 Å². The third-order valence-corrected chi connectivity index (χ3v) is 1.44. The van der Waals surface area contributed by atoms with Crippen molar-refractivity contribution in [3.05, 3.63) is 11.0 Å². The molecule has 1 aromatic heterocycles. The van der Waals surface area contributed by atoms with Crippen LogP contribution in [0.2, 0.25) is 5.28 Å². The molecular weight excluding hydrogens is 198 g/mol. The number of hydrogen-bond donors (Lipinski definition) is 2. The van der Waals surface area contributed by atoms with Crippen LogP contribution in [-0.4, -0.2) is 28.2 Å². The van der Waals surface area contributed by atoms with E-state index in [0.717, 1.165) is 0 Å². The molecule has 0 unspecified atom stereocenters. The highest BCUT2D eigenvalue weighted by Crippen LogP contribution is 2.23. The van der Waals surface area contributed by atoms with Crippen LogP contribution in [0.5, 0.6) is 5.75 Å². The number of ether oxygens (including phenoxy) is 1. The molecule has 1 aromatic rings. The van der Waals surface area contributed by atoms with Gasteiger partial charge in [0.25, 0.3) is 0 Å². The molecule has 3 N–H and O–H groups in total. The number of hydrogen-bond acceptors (Lipinski definition) is 5. The van der Waals surface area contributed by atoms with E-state index in [1.165, 1.54) is 7.11 Å². The highest BCUT2D eigenvalue weighted by Gasteiger charge is 2.17. The lowest BCUT2D eigenvalue weighted by atomic mass is 10.3. The number of nitrogens with two attached hydrogens (primary N) is 1. The second-order valence-electron chi connectivity index (χ2n) is 2.06. The van der Waals surface area contributed by atoms with Gasteiger partial charge in [0.15, 0.2) is 17.3 Å². The van der Waals surface area contributed by atoms with Crippen LogP contribution < -0.4 is 10.5 Å². The van der Waals surface area contributed by atoms with E-state index in [1.807, 2.05) is 0 Å². The van der Waals surface area contributed by atoms with E-state index in [4.69, 9.17) is 27.2 Å². The van der Waals surface area contributed by atoms with Crippen LogP contribution >= 0.6 is 11.6 Å². The molecule has 0 radical (unpaired) electrons. The fraction of sp³-hybridized carbons (Fsp3) is 0.167. The quantitative estimate of drug-likeness (QED) is 0.676. The van der Waals surface area contributed by atoms with E-state index >= 15 is 0 Å². The van der Waals surface area contributed by atoms with Crippen LogP contribution in [0, 0.1) is 0 Å². The Morgan fingerprint density at radius 3 is 2.69 bits per heavy atom. The van der Waals surface area contributed by atoms with Crippen molar-refractivity contribution in [2.75, 3.05) is 12.8 Å². The zero-order valence-corrected chi connectivity index (χ0v) is 7.37. The van der Waals surface area contributed by atoms with Gasteiger partial charge in [-0.1, -0.05) is 0 Å². The average Bonchev–Trinajstić information content (AvgIpc) is 2.02. The zero-order valence-electron chi connectivity index (χ0n) is 6.61. The number of carboxylic acids is 1. The van der Waals surface area contributed by atoms with Crippen LogP contribution in [0.4, 0.5) is 5.82 Å². The van der Waals surface area contributed by atoms with Gasteiger partial charge in [0.05, 0.1) is 7.11 Å². The number of halogens is 1. The molecule has 0 saturated carbocycles. The number of aromatic nitrogens is 2. The molecule has 0 atom stereocenters. The molecule has 0 spiro atoms. The first-order valence-corrected chi connectivity index (χ1v) is 3.54. The van der Waals surface area contributed by atoms with Gasteiger partial charge in [0, 0.05) is 0 Å². The van der Waals surface area contributed by atoms with Gasteiger partial charge in [-0.25, -0.2) is 9.78 Å². The van der Waals surface area contributed by atoms with Crippen molar-refractivity contribution in [1.82, 2.24) is 9.97 Å². The summed E-state index contributed by atoms with van der Waals surface area (Å²) in [5.74, 6) is -1.45. The number of carbonyl (C=O) groups is 1. The third-order valence-electron chi connectivity index (χ3n) is 1.27. The molecule has 0 aliphatic heterocycles. The minimum Gasteiger partial charge on any atom is -0.491 e. The van der Waals surface area contributed by atoms with Crippen molar-refractivity contribution in [2.24, 2.45) is 0 Å². The largest absolute Gasteiger partial charge is 0.491 e.